The second kappa shape index (κ2) is 6.21. The van der Waals surface area contributed by atoms with Crippen LogP contribution in [-0.4, -0.2) is 24.0 Å². The summed E-state index contributed by atoms with van der Waals surface area (Å²) in [5.74, 6) is -0.513. The average Bonchev–Trinajstić information content (AvgIpc) is 2.97. The lowest BCUT2D eigenvalue weighted by atomic mass is 10.1. The number of anilines is 1. The Kier molecular flexibility index (Phi) is 4.37. The van der Waals surface area contributed by atoms with Crippen LogP contribution in [0.5, 0.6) is 0 Å². The summed E-state index contributed by atoms with van der Waals surface area (Å²) < 4.78 is 9.75. The van der Waals surface area contributed by atoms with Crippen LogP contribution in [-0.2, 0) is 4.74 Å². The number of hydrogen-bond donors (Lipinski definition) is 1. The highest BCUT2D eigenvalue weighted by Gasteiger charge is 2.19. The van der Waals surface area contributed by atoms with Gasteiger partial charge in [-0.15, -0.1) is 0 Å². The number of aromatic nitrogens is 1. The van der Waals surface area contributed by atoms with Gasteiger partial charge in [-0.05, 0) is 30.2 Å². The van der Waals surface area contributed by atoms with Crippen LogP contribution in [0.3, 0.4) is 0 Å². The molecule has 1 heterocycles. The van der Waals surface area contributed by atoms with Crippen molar-refractivity contribution in [3.05, 3.63) is 47.7 Å². The lowest BCUT2D eigenvalue weighted by Gasteiger charge is -2.06. The van der Waals surface area contributed by atoms with Gasteiger partial charge in [0.1, 0.15) is 0 Å². The van der Waals surface area contributed by atoms with E-state index in [2.05, 4.69) is 15.0 Å². The van der Waals surface area contributed by atoms with Crippen LogP contribution in [0.25, 0.3) is 0 Å². The van der Waals surface area contributed by atoms with Crippen molar-refractivity contribution >= 4 is 17.6 Å². The van der Waals surface area contributed by atoms with E-state index in [9.17, 15) is 9.59 Å². The van der Waals surface area contributed by atoms with E-state index in [1.165, 1.54) is 13.5 Å². The Balaban J connectivity index is 2.12. The van der Waals surface area contributed by atoms with Crippen LogP contribution in [0.15, 0.2) is 35.1 Å². The molecule has 0 aliphatic carbocycles. The van der Waals surface area contributed by atoms with Crippen LogP contribution in [0.2, 0.25) is 0 Å². The molecule has 0 saturated heterocycles. The van der Waals surface area contributed by atoms with Crippen LogP contribution < -0.4 is 5.32 Å². The number of oxazole rings is 1. The number of rotatable bonds is 4. The van der Waals surface area contributed by atoms with Crippen LogP contribution >= 0.6 is 0 Å². The van der Waals surface area contributed by atoms with Crippen LogP contribution in [0.1, 0.15) is 46.4 Å². The Morgan fingerprint density at radius 1 is 1.24 bits per heavy atom. The first-order chi connectivity index (χ1) is 10.0. The summed E-state index contributed by atoms with van der Waals surface area (Å²) in [6.45, 7) is 3.86. The molecule has 6 heteroatoms. The topological polar surface area (TPSA) is 81.4 Å². The number of carbonyl (C=O) groups excluding carboxylic acids is 2. The lowest BCUT2D eigenvalue weighted by molar-refractivity contribution is 0.0600. The van der Waals surface area contributed by atoms with Gasteiger partial charge >= 0.3 is 5.97 Å². The van der Waals surface area contributed by atoms with E-state index in [-0.39, 0.29) is 17.6 Å². The molecule has 0 bridgehead atoms. The fourth-order valence-electron chi connectivity index (χ4n) is 1.83. The average molecular weight is 288 g/mol. The van der Waals surface area contributed by atoms with Crippen molar-refractivity contribution in [2.45, 2.75) is 19.8 Å². The minimum atomic E-state index is -0.426. The third-order valence-electron chi connectivity index (χ3n) is 2.91. The van der Waals surface area contributed by atoms with Crippen molar-refractivity contribution < 1.29 is 18.7 Å². The molecule has 0 unspecified atom stereocenters. The number of carbonyl (C=O) groups is 2. The van der Waals surface area contributed by atoms with E-state index in [1.807, 2.05) is 13.8 Å². The third kappa shape index (κ3) is 3.28. The molecule has 1 aromatic heterocycles. The van der Waals surface area contributed by atoms with E-state index in [1.54, 1.807) is 24.3 Å². The number of esters is 1. The van der Waals surface area contributed by atoms with Gasteiger partial charge < -0.3 is 14.5 Å². The Hall–Kier alpha value is -2.63. The van der Waals surface area contributed by atoms with Crippen molar-refractivity contribution in [3.63, 3.8) is 0 Å². The van der Waals surface area contributed by atoms with E-state index in [0.29, 0.717) is 16.9 Å². The van der Waals surface area contributed by atoms with Crippen molar-refractivity contribution in [1.82, 2.24) is 4.98 Å². The van der Waals surface area contributed by atoms with E-state index >= 15 is 0 Å². The molecule has 0 saturated carbocycles. The molecule has 1 N–H and O–H groups in total. The van der Waals surface area contributed by atoms with Gasteiger partial charge in [0, 0.05) is 5.69 Å². The Bertz CT molecular complexity index is 644. The number of nitrogens with zero attached hydrogens (tertiary/aromatic N) is 1. The summed E-state index contributed by atoms with van der Waals surface area (Å²) in [5.41, 5.74) is 1.58. The molecule has 2 aromatic rings. The Morgan fingerprint density at radius 2 is 1.90 bits per heavy atom. The zero-order chi connectivity index (χ0) is 15.4. The Morgan fingerprint density at radius 3 is 2.48 bits per heavy atom. The standard InChI is InChI=1S/C15H16N2O4/c1-9(2)12-13(21-8-16-12)14(18)17-11-6-4-10(5-7-11)15(19)20-3/h4-9H,1-3H3,(H,17,18). The van der Waals surface area contributed by atoms with Crippen molar-refractivity contribution in [2.75, 3.05) is 12.4 Å². The monoisotopic (exact) mass is 288 g/mol. The van der Waals surface area contributed by atoms with E-state index < -0.39 is 5.97 Å². The quantitative estimate of drug-likeness (QED) is 0.875. The number of ether oxygens (including phenoxy) is 1. The first kappa shape index (κ1) is 14.8. The highest BCUT2D eigenvalue weighted by Crippen LogP contribution is 2.19. The highest BCUT2D eigenvalue weighted by atomic mass is 16.5. The highest BCUT2D eigenvalue weighted by molar-refractivity contribution is 6.03. The zero-order valence-corrected chi connectivity index (χ0v) is 12.0. The molecule has 0 radical (unpaired) electrons. The summed E-state index contributed by atoms with van der Waals surface area (Å²) in [5, 5.41) is 2.70. The predicted molar refractivity (Wildman–Crippen MR) is 76.3 cm³/mol. The van der Waals surface area contributed by atoms with Crippen molar-refractivity contribution in [1.29, 1.82) is 0 Å². The molecule has 0 aliphatic rings. The molecule has 2 rings (SSSR count). The van der Waals surface area contributed by atoms with E-state index in [0.717, 1.165) is 0 Å². The van der Waals surface area contributed by atoms with Crippen molar-refractivity contribution in [3.8, 4) is 0 Å². The molecule has 0 fully saturated rings. The largest absolute Gasteiger partial charge is 0.465 e. The molecule has 1 aromatic carbocycles. The lowest BCUT2D eigenvalue weighted by Crippen LogP contribution is -2.14. The predicted octanol–water partition coefficient (Wildman–Crippen LogP) is 2.84. The fourth-order valence-corrected chi connectivity index (χ4v) is 1.83. The van der Waals surface area contributed by atoms with Crippen LogP contribution in [0, 0.1) is 0 Å². The van der Waals surface area contributed by atoms with E-state index in [4.69, 9.17) is 4.42 Å². The number of hydrogen-bond acceptors (Lipinski definition) is 5. The second-order valence-corrected chi connectivity index (χ2v) is 4.74. The summed E-state index contributed by atoms with van der Waals surface area (Å²) in [6, 6.07) is 6.39. The first-order valence-electron chi connectivity index (χ1n) is 6.46. The summed E-state index contributed by atoms with van der Waals surface area (Å²) in [4.78, 5) is 27.5. The van der Waals surface area contributed by atoms with Gasteiger partial charge in [0.2, 0.25) is 5.76 Å². The SMILES string of the molecule is COC(=O)c1ccc(NC(=O)c2ocnc2C(C)C)cc1. The zero-order valence-electron chi connectivity index (χ0n) is 12.0. The van der Waals surface area contributed by atoms with Gasteiger partial charge in [-0.25, -0.2) is 9.78 Å². The maximum atomic E-state index is 12.1. The molecule has 1 amide bonds. The minimum Gasteiger partial charge on any atom is -0.465 e. The fraction of sp³-hybridized carbons (Fsp3) is 0.267. The molecule has 0 aliphatic heterocycles. The molecular weight excluding hydrogens is 272 g/mol. The number of methoxy groups -OCH3 is 1. The minimum absolute atomic E-state index is 0.0891. The van der Waals surface area contributed by atoms with Crippen molar-refractivity contribution in [2.24, 2.45) is 0 Å². The third-order valence-corrected chi connectivity index (χ3v) is 2.91. The maximum Gasteiger partial charge on any atom is 0.337 e. The summed E-state index contributed by atoms with van der Waals surface area (Å²) >= 11 is 0. The maximum absolute atomic E-state index is 12.1. The summed E-state index contributed by atoms with van der Waals surface area (Å²) in [6.07, 6.45) is 1.25. The summed E-state index contributed by atoms with van der Waals surface area (Å²) in [7, 11) is 1.31. The van der Waals surface area contributed by atoms with Crippen LogP contribution in [0.4, 0.5) is 5.69 Å². The van der Waals surface area contributed by atoms with Gasteiger partial charge in [-0.1, -0.05) is 13.8 Å². The van der Waals surface area contributed by atoms with Gasteiger partial charge in [0.25, 0.3) is 5.91 Å². The van der Waals surface area contributed by atoms with Gasteiger partial charge in [-0.2, -0.15) is 0 Å². The number of benzene rings is 1. The smallest absolute Gasteiger partial charge is 0.337 e. The molecule has 0 spiro atoms. The normalized spacial score (nSPS) is 10.5. The molecule has 21 heavy (non-hydrogen) atoms. The molecule has 110 valence electrons. The molecular formula is C15H16N2O4. The number of amides is 1. The van der Waals surface area contributed by atoms with Gasteiger partial charge in [-0.3, -0.25) is 4.79 Å². The molecule has 6 nitrogen and oxygen atoms in total. The van der Waals surface area contributed by atoms with Gasteiger partial charge in [0.15, 0.2) is 6.39 Å². The number of nitrogens with one attached hydrogen (secondary N) is 1. The second-order valence-electron chi connectivity index (χ2n) is 4.74. The van der Waals surface area contributed by atoms with Gasteiger partial charge in [0.05, 0.1) is 18.4 Å². The molecule has 0 atom stereocenters. The Labute approximate surface area is 122 Å². The first-order valence-corrected chi connectivity index (χ1v) is 6.46.